The molecule has 0 amide bonds. The molecule has 0 saturated heterocycles. The molecule has 0 saturated carbocycles. The molecule has 1 unspecified atom stereocenters. The lowest BCUT2D eigenvalue weighted by atomic mass is 9.77. The number of aryl methyl sites for hydroxylation is 3. The minimum Gasteiger partial charge on any atom is -0.395 e. The number of nitrogens with zero attached hydrogens (tertiary/aromatic N) is 2. The second-order valence-electron chi connectivity index (χ2n) is 5.59. The fourth-order valence-corrected chi connectivity index (χ4v) is 2.66. The Bertz CT molecular complexity index is 585. The third kappa shape index (κ3) is 2.76. The zero-order chi connectivity index (χ0) is 14.8. The normalized spacial score (nSPS) is 14.2. The van der Waals surface area contributed by atoms with Crippen molar-refractivity contribution in [2.75, 3.05) is 13.2 Å². The Labute approximate surface area is 120 Å². The van der Waals surface area contributed by atoms with Crippen LogP contribution >= 0.6 is 0 Å². The lowest BCUT2D eigenvalue weighted by Crippen LogP contribution is -2.41. The van der Waals surface area contributed by atoms with Gasteiger partial charge >= 0.3 is 0 Å². The number of hydrogen-bond acceptors (Lipinski definition) is 3. The monoisotopic (exact) mass is 273 g/mol. The molecule has 4 heteroatoms. The molecule has 108 valence electrons. The molecule has 1 aromatic heterocycles. The first kappa shape index (κ1) is 14.8. The fourth-order valence-electron chi connectivity index (χ4n) is 2.66. The summed E-state index contributed by atoms with van der Waals surface area (Å²) < 4.78 is 1.87. The highest BCUT2D eigenvalue weighted by molar-refractivity contribution is 5.32. The average molecular weight is 273 g/mol. The van der Waals surface area contributed by atoms with Gasteiger partial charge in [-0.25, -0.2) is 0 Å². The van der Waals surface area contributed by atoms with E-state index in [-0.39, 0.29) is 6.61 Å². The molecule has 4 nitrogen and oxygen atoms in total. The Kier molecular flexibility index (Phi) is 4.26. The highest BCUT2D eigenvalue weighted by Gasteiger charge is 2.31. The van der Waals surface area contributed by atoms with Crippen molar-refractivity contribution in [1.82, 2.24) is 9.78 Å². The summed E-state index contributed by atoms with van der Waals surface area (Å²) in [6, 6.07) is 10.3. The van der Waals surface area contributed by atoms with Gasteiger partial charge < -0.3 is 10.8 Å². The van der Waals surface area contributed by atoms with Crippen LogP contribution in [-0.2, 0) is 18.9 Å². The van der Waals surface area contributed by atoms with Gasteiger partial charge in [0.15, 0.2) is 0 Å². The SMILES string of the molecule is Cc1cccc(C(CN)(CO)Cc2cc(C)nn2C)c1. The molecule has 20 heavy (non-hydrogen) atoms. The van der Waals surface area contributed by atoms with E-state index in [1.807, 2.05) is 30.8 Å². The lowest BCUT2D eigenvalue weighted by Gasteiger charge is -2.31. The lowest BCUT2D eigenvalue weighted by molar-refractivity contribution is 0.194. The number of hydrogen-bond donors (Lipinski definition) is 2. The highest BCUT2D eigenvalue weighted by atomic mass is 16.3. The molecule has 1 aromatic carbocycles. The van der Waals surface area contributed by atoms with Gasteiger partial charge in [-0.3, -0.25) is 4.68 Å². The summed E-state index contributed by atoms with van der Waals surface area (Å²) in [5, 5.41) is 14.3. The van der Waals surface area contributed by atoms with Crippen molar-refractivity contribution >= 4 is 0 Å². The Balaban J connectivity index is 2.42. The topological polar surface area (TPSA) is 64.1 Å². The van der Waals surface area contributed by atoms with Crippen LogP contribution in [0.15, 0.2) is 30.3 Å². The quantitative estimate of drug-likeness (QED) is 0.867. The van der Waals surface area contributed by atoms with Crippen LogP contribution in [0.25, 0.3) is 0 Å². The van der Waals surface area contributed by atoms with Gasteiger partial charge in [-0.15, -0.1) is 0 Å². The van der Waals surface area contributed by atoms with Crippen molar-refractivity contribution in [1.29, 1.82) is 0 Å². The number of nitrogens with two attached hydrogens (primary N) is 1. The van der Waals surface area contributed by atoms with E-state index < -0.39 is 5.41 Å². The van der Waals surface area contributed by atoms with E-state index in [0.717, 1.165) is 17.0 Å². The van der Waals surface area contributed by atoms with E-state index in [4.69, 9.17) is 5.73 Å². The van der Waals surface area contributed by atoms with Crippen molar-refractivity contribution in [3.63, 3.8) is 0 Å². The summed E-state index contributed by atoms with van der Waals surface area (Å²) in [5.74, 6) is 0. The van der Waals surface area contributed by atoms with Crippen molar-refractivity contribution in [3.8, 4) is 0 Å². The van der Waals surface area contributed by atoms with Crippen LogP contribution in [0.1, 0.15) is 22.5 Å². The molecule has 1 heterocycles. The van der Waals surface area contributed by atoms with Gasteiger partial charge in [0.05, 0.1) is 12.3 Å². The predicted octanol–water partition coefficient (Wildman–Crippen LogP) is 1.47. The smallest absolute Gasteiger partial charge is 0.0596 e. The van der Waals surface area contributed by atoms with Gasteiger partial charge in [-0.05, 0) is 25.5 Å². The van der Waals surface area contributed by atoms with Crippen LogP contribution < -0.4 is 5.73 Å². The summed E-state index contributed by atoms with van der Waals surface area (Å²) in [4.78, 5) is 0. The van der Waals surface area contributed by atoms with Gasteiger partial charge in [0.2, 0.25) is 0 Å². The van der Waals surface area contributed by atoms with Crippen molar-refractivity contribution in [2.24, 2.45) is 12.8 Å². The maximum Gasteiger partial charge on any atom is 0.0596 e. The average Bonchev–Trinajstić information content (AvgIpc) is 2.74. The van der Waals surface area contributed by atoms with Gasteiger partial charge in [-0.1, -0.05) is 29.8 Å². The van der Waals surface area contributed by atoms with Gasteiger partial charge in [-0.2, -0.15) is 5.10 Å². The number of aliphatic hydroxyl groups excluding tert-OH is 1. The Hall–Kier alpha value is -1.65. The zero-order valence-corrected chi connectivity index (χ0v) is 12.4. The third-order valence-corrected chi connectivity index (χ3v) is 3.94. The minimum atomic E-state index is -0.452. The number of rotatable bonds is 5. The molecule has 0 spiro atoms. The molecular formula is C16H23N3O. The van der Waals surface area contributed by atoms with Crippen LogP contribution in [0.4, 0.5) is 0 Å². The summed E-state index contributed by atoms with van der Waals surface area (Å²) in [6.45, 7) is 4.45. The summed E-state index contributed by atoms with van der Waals surface area (Å²) >= 11 is 0. The maximum atomic E-state index is 9.97. The molecule has 0 radical (unpaired) electrons. The molecule has 0 fully saturated rings. The maximum absolute atomic E-state index is 9.97. The van der Waals surface area contributed by atoms with Crippen LogP contribution in [0, 0.1) is 13.8 Å². The Morgan fingerprint density at radius 1 is 1.30 bits per heavy atom. The third-order valence-electron chi connectivity index (χ3n) is 3.94. The largest absolute Gasteiger partial charge is 0.395 e. The summed E-state index contributed by atoms with van der Waals surface area (Å²) in [6.07, 6.45) is 0.681. The molecule has 2 rings (SSSR count). The standard InChI is InChI=1S/C16H23N3O/c1-12-5-4-6-14(7-12)16(10-17,11-20)9-15-8-13(2)18-19(15)3/h4-8,20H,9-11,17H2,1-3H3. The van der Waals surface area contributed by atoms with Crippen LogP contribution in [0.3, 0.4) is 0 Å². The summed E-state index contributed by atoms with van der Waals surface area (Å²) in [7, 11) is 1.93. The van der Waals surface area contributed by atoms with Crippen molar-refractivity contribution in [3.05, 3.63) is 52.8 Å². The highest BCUT2D eigenvalue weighted by Crippen LogP contribution is 2.28. The van der Waals surface area contributed by atoms with E-state index in [1.54, 1.807) is 0 Å². The van der Waals surface area contributed by atoms with E-state index in [1.165, 1.54) is 5.56 Å². The molecule has 0 aliphatic rings. The van der Waals surface area contributed by atoms with Crippen LogP contribution in [0.2, 0.25) is 0 Å². The second-order valence-corrected chi connectivity index (χ2v) is 5.59. The van der Waals surface area contributed by atoms with Crippen LogP contribution in [-0.4, -0.2) is 28.0 Å². The zero-order valence-electron chi connectivity index (χ0n) is 12.4. The molecular weight excluding hydrogens is 250 g/mol. The van der Waals surface area contributed by atoms with Crippen molar-refractivity contribution < 1.29 is 5.11 Å². The second kappa shape index (κ2) is 5.77. The molecule has 0 aliphatic carbocycles. The number of benzene rings is 1. The van der Waals surface area contributed by atoms with E-state index >= 15 is 0 Å². The Morgan fingerprint density at radius 3 is 2.55 bits per heavy atom. The first-order chi connectivity index (χ1) is 9.50. The molecule has 2 aromatic rings. The molecule has 0 aliphatic heterocycles. The van der Waals surface area contributed by atoms with E-state index in [9.17, 15) is 5.11 Å². The molecule has 0 bridgehead atoms. The fraction of sp³-hybridized carbons (Fsp3) is 0.438. The predicted molar refractivity (Wildman–Crippen MR) is 80.6 cm³/mol. The number of aliphatic hydroxyl groups is 1. The first-order valence-electron chi connectivity index (χ1n) is 6.88. The van der Waals surface area contributed by atoms with Gasteiger partial charge in [0.1, 0.15) is 0 Å². The summed E-state index contributed by atoms with van der Waals surface area (Å²) in [5.41, 5.74) is 9.89. The van der Waals surface area contributed by atoms with Gasteiger partial charge in [0.25, 0.3) is 0 Å². The van der Waals surface area contributed by atoms with E-state index in [0.29, 0.717) is 13.0 Å². The van der Waals surface area contributed by atoms with E-state index in [2.05, 4.69) is 30.2 Å². The minimum absolute atomic E-state index is 0.0250. The first-order valence-corrected chi connectivity index (χ1v) is 6.88. The molecule has 1 atom stereocenters. The molecule has 3 N–H and O–H groups in total. The van der Waals surface area contributed by atoms with Crippen LogP contribution in [0.5, 0.6) is 0 Å². The number of aromatic nitrogens is 2. The Morgan fingerprint density at radius 2 is 2.05 bits per heavy atom. The van der Waals surface area contributed by atoms with Gasteiger partial charge in [0, 0.05) is 31.1 Å². The van der Waals surface area contributed by atoms with Crippen molar-refractivity contribution in [2.45, 2.75) is 25.7 Å².